The third-order valence-corrected chi connectivity index (χ3v) is 5.60. The largest absolute Gasteiger partial charge is 0.498 e. The summed E-state index contributed by atoms with van der Waals surface area (Å²) < 4.78 is 11.4. The van der Waals surface area contributed by atoms with Gasteiger partial charge < -0.3 is 29.8 Å². The molecule has 1 atom stereocenters. The number of aromatic hydroxyl groups is 1. The van der Waals surface area contributed by atoms with Crippen LogP contribution in [0.1, 0.15) is 31.2 Å². The summed E-state index contributed by atoms with van der Waals surface area (Å²) in [4.78, 5) is 30.2. The molecule has 4 rings (SSSR count). The van der Waals surface area contributed by atoms with Crippen molar-refractivity contribution in [2.75, 3.05) is 39.2 Å². The summed E-state index contributed by atoms with van der Waals surface area (Å²) in [5.41, 5.74) is 1.81. The van der Waals surface area contributed by atoms with E-state index in [4.69, 9.17) is 9.47 Å². The number of nitrogens with zero attached hydrogens (tertiary/aromatic N) is 4. The number of aromatic nitrogens is 3. The highest BCUT2D eigenvalue weighted by atomic mass is 16.5. The molecule has 32 heavy (non-hydrogen) atoms. The number of nitrogens with one attached hydrogen (secondary N) is 2. The second-order valence-electron chi connectivity index (χ2n) is 7.79. The number of carbonyl (C=O) groups is 1. The van der Waals surface area contributed by atoms with Gasteiger partial charge >= 0.3 is 0 Å². The lowest BCUT2D eigenvalue weighted by molar-refractivity contribution is -0.130. The molecule has 0 saturated heterocycles. The van der Waals surface area contributed by atoms with Crippen molar-refractivity contribution in [2.45, 2.75) is 31.8 Å². The molecule has 3 heterocycles. The highest BCUT2D eigenvalue weighted by Crippen LogP contribution is 2.30. The van der Waals surface area contributed by atoms with Gasteiger partial charge in [-0.2, -0.15) is 0 Å². The number of methoxy groups -OCH3 is 1. The summed E-state index contributed by atoms with van der Waals surface area (Å²) in [6.07, 6.45) is 8.82. The predicted molar refractivity (Wildman–Crippen MR) is 121 cm³/mol. The highest BCUT2D eigenvalue weighted by molar-refractivity contribution is 6.05. The summed E-state index contributed by atoms with van der Waals surface area (Å²) in [5.74, 6) is 1.39. The van der Waals surface area contributed by atoms with Crippen molar-refractivity contribution in [1.29, 1.82) is 0 Å². The Hall–Kier alpha value is -3.40. The molecule has 10 nitrogen and oxygen atoms in total. The standard InChI is InChI=1S/C22H28N6O4/c1-28-9-4-8-23-20-19-15(22(30)27-21(19)26-13-25-20)12-24-14-6-7-16(31-2)17(11-14)32-10-3-5-18(28)29/h6-7,12-13,17,30H,3-5,8-11H2,1-2H3,(H2,23,25,26,27). The Morgan fingerprint density at radius 3 is 3.00 bits per heavy atom. The van der Waals surface area contributed by atoms with Crippen LogP contribution >= 0.6 is 0 Å². The molecule has 0 aromatic carbocycles. The number of hydrogen-bond acceptors (Lipinski definition) is 8. The van der Waals surface area contributed by atoms with Crippen LogP contribution in [0.2, 0.25) is 0 Å². The molecule has 1 aliphatic heterocycles. The van der Waals surface area contributed by atoms with Crippen LogP contribution in [0.4, 0.5) is 5.82 Å². The van der Waals surface area contributed by atoms with Gasteiger partial charge in [0.05, 0.1) is 18.1 Å². The number of amides is 1. The predicted octanol–water partition coefficient (Wildman–Crippen LogP) is 2.34. The molecule has 2 aromatic rings. The molecule has 0 saturated carbocycles. The molecular formula is C22H28N6O4. The Bertz CT molecular complexity index is 1070. The zero-order chi connectivity index (χ0) is 22.5. The van der Waals surface area contributed by atoms with E-state index in [0.29, 0.717) is 61.4 Å². The van der Waals surface area contributed by atoms with Gasteiger partial charge in [0.25, 0.3) is 0 Å². The molecule has 1 amide bonds. The topological polar surface area (TPSA) is 125 Å². The Morgan fingerprint density at radius 2 is 2.16 bits per heavy atom. The number of aromatic amines is 1. The van der Waals surface area contributed by atoms with Crippen molar-refractivity contribution < 1.29 is 19.4 Å². The van der Waals surface area contributed by atoms with Gasteiger partial charge in [-0.25, -0.2) is 9.97 Å². The summed E-state index contributed by atoms with van der Waals surface area (Å²) in [7, 11) is 3.42. The molecule has 1 aliphatic carbocycles. The monoisotopic (exact) mass is 440 g/mol. The smallest absolute Gasteiger partial charge is 0.222 e. The first-order valence-electron chi connectivity index (χ1n) is 10.7. The van der Waals surface area contributed by atoms with Crippen LogP contribution in [0.15, 0.2) is 34.9 Å². The van der Waals surface area contributed by atoms with Gasteiger partial charge in [0.2, 0.25) is 5.91 Å². The molecule has 2 aliphatic rings. The lowest BCUT2D eigenvalue weighted by atomic mass is 10.1. The number of allylic oxidation sites excluding steroid dienone is 2. The minimum atomic E-state index is -0.277. The molecule has 170 valence electrons. The minimum Gasteiger partial charge on any atom is -0.498 e. The van der Waals surface area contributed by atoms with Crippen molar-refractivity contribution in [3.63, 3.8) is 0 Å². The normalized spacial score (nSPS) is 20.8. The van der Waals surface area contributed by atoms with E-state index < -0.39 is 0 Å². The van der Waals surface area contributed by atoms with Crippen LogP contribution < -0.4 is 5.32 Å². The zero-order valence-corrected chi connectivity index (χ0v) is 18.3. The van der Waals surface area contributed by atoms with E-state index >= 15 is 0 Å². The van der Waals surface area contributed by atoms with E-state index in [1.54, 1.807) is 18.2 Å². The van der Waals surface area contributed by atoms with E-state index in [1.807, 2.05) is 19.2 Å². The maximum Gasteiger partial charge on any atom is 0.222 e. The first-order chi connectivity index (χ1) is 15.6. The first kappa shape index (κ1) is 21.8. The van der Waals surface area contributed by atoms with E-state index in [0.717, 1.165) is 17.9 Å². The van der Waals surface area contributed by atoms with Gasteiger partial charge in [0, 0.05) is 51.5 Å². The average Bonchev–Trinajstić information content (AvgIpc) is 3.12. The number of carbonyl (C=O) groups excluding carboxylic acids is 1. The number of aliphatic imine (C=N–C) groups is 1. The quantitative estimate of drug-likeness (QED) is 0.621. The van der Waals surface area contributed by atoms with Gasteiger partial charge in [0.1, 0.15) is 29.7 Å². The average molecular weight is 441 g/mol. The first-order valence-corrected chi connectivity index (χ1v) is 10.7. The molecule has 2 aromatic heterocycles. The van der Waals surface area contributed by atoms with Crippen LogP contribution in [-0.2, 0) is 14.3 Å². The molecule has 2 bridgehead atoms. The van der Waals surface area contributed by atoms with Crippen molar-refractivity contribution >= 4 is 29.0 Å². The lowest BCUT2D eigenvalue weighted by Crippen LogP contribution is -2.29. The SMILES string of the molecule is COC1=CC=C2CC1OCCCC(=O)N(C)CCCNc1ncnc3[nH]c(O)c(c13)C=N2. The second kappa shape index (κ2) is 9.82. The second-order valence-corrected chi connectivity index (χ2v) is 7.79. The van der Waals surface area contributed by atoms with Crippen LogP contribution in [0.25, 0.3) is 11.0 Å². The Labute approximate surface area is 186 Å². The third-order valence-electron chi connectivity index (χ3n) is 5.60. The summed E-state index contributed by atoms with van der Waals surface area (Å²) in [5, 5.41) is 14.4. The van der Waals surface area contributed by atoms with Crippen LogP contribution in [0.5, 0.6) is 5.88 Å². The van der Waals surface area contributed by atoms with Crippen LogP contribution in [0.3, 0.4) is 0 Å². The van der Waals surface area contributed by atoms with E-state index in [2.05, 4.69) is 25.3 Å². The Balaban J connectivity index is 1.67. The van der Waals surface area contributed by atoms with Gasteiger partial charge in [-0.05, 0) is 25.0 Å². The Kier molecular flexibility index (Phi) is 6.69. The zero-order valence-electron chi connectivity index (χ0n) is 18.3. The number of rotatable bonds is 1. The van der Waals surface area contributed by atoms with Crippen LogP contribution in [-0.4, -0.2) is 77.0 Å². The van der Waals surface area contributed by atoms with Crippen molar-refractivity contribution in [3.05, 3.63) is 35.5 Å². The number of ether oxygens (including phenoxy) is 2. The number of anilines is 1. The summed E-state index contributed by atoms with van der Waals surface area (Å²) in [6, 6.07) is 0. The number of H-pyrrole nitrogens is 1. The Morgan fingerprint density at radius 1 is 1.28 bits per heavy atom. The van der Waals surface area contributed by atoms with Gasteiger partial charge in [-0.15, -0.1) is 0 Å². The minimum absolute atomic E-state index is 0.0237. The van der Waals surface area contributed by atoms with Crippen molar-refractivity contribution in [1.82, 2.24) is 19.9 Å². The molecule has 10 heteroatoms. The molecule has 3 N–H and O–H groups in total. The highest BCUT2D eigenvalue weighted by Gasteiger charge is 2.22. The number of fused-ring (bicyclic) bond motifs is 2. The van der Waals surface area contributed by atoms with Crippen LogP contribution in [0, 0.1) is 0 Å². The summed E-state index contributed by atoms with van der Waals surface area (Å²) in [6.45, 7) is 1.70. The van der Waals surface area contributed by atoms with Gasteiger partial charge in [-0.3, -0.25) is 9.79 Å². The maximum absolute atomic E-state index is 12.4. The fourth-order valence-corrected chi connectivity index (χ4v) is 3.81. The molecule has 1 unspecified atom stereocenters. The fraction of sp³-hybridized carbons (Fsp3) is 0.455. The maximum atomic E-state index is 12.4. The third kappa shape index (κ3) is 4.75. The van der Waals surface area contributed by atoms with E-state index in [-0.39, 0.29) is 17.9 Å². The fourth-order valence-electron chi connectivity index (χ4n) is 3.81. The van der Waals surface area contributed by atoms with Crippen molar-refractivity contribution in [3.8, 4) is 5.88 Å². The molecule has 0 radical (unpaired) electrons. The summed E-state index contributed by atoms with van der Waals surface area (Å²) >= 11 is 0. The molecule has 0 spiro atoms. The van der Waals surface area contributed by atoms with Gasteiger partial charge in [0.15, 0.2) is 5.88 Å². The van der Waals surface area contributed by atoms with E-state index in [1.165, 1.54) is 6.33 Å². The lowest BCUT2D eigenvalue weighted by Gasteiger charge is -2.23. The molecule has 0 fully saturated rings. The van der Waals surface area contributed by atoms with Crippen molar-refractivity contribution in [2.24, 2.45) is 4.99 Å². The molecular weight excluding hydrogens is 412 g/mol. The number of hydrogen-bond donors (Lipinski definition) is 3. The van der Waals surface area contributed by atoms with Gasteiger partial charge in [-0.1, -0.05) is 0 Å². The van der Waals surface area contributed by atoms with E-state index in [9.17, 15) is 9.90 Å².